The number of methoxy groups -OCH3 is 1. The zero-order chi connectivity index (χ0) is 24.9. The molecule has 1 unspecified atom stereocenters. The van der Waals surface area contributed by atoms with Crippen LogP contribution in [0.1, 0.15) is 42.6 Å². The quantitative estimate of drug-likeness (QED) is 0.266. The first kappa shape index (κ1) is 24.4. The maximum Gasteiger partial charge on any atom is 0.262 e. The topological polar surface area (TPSA) is 128 Å². The number of hydrogen-bond acceptors (Lipinski definition) is 8. The maximum atomic E-state index is 13.1. The molecule has 11 heteroatoms. The Kier molecular flexibility index (Phi) is 7.47. The second kappa shape index (κ2) is 10.7. The predicted octanol–water partition coefficient (Wildman–Crippen LogP) is 3.67. The fourth-order valence-electron chi connectivity index (χ4n) is 3.68. The van der Waals surface area contributed by atoms with E-state index in [-0.39, 0.29) is 17.4 Å². The predicted molar refractivity (Wildman–Crippen MR) is 132 cm³/mol. The number of ether oxygens (including phenoxy) is 1. The molecule has 1 aromatic carbocycles. The van der Waals surface area contributed by atoms with Gasteiger partial charge in [0.05, 0.1) is 10.9 Å². The standard InChI is InChI=1S/C24H26N6O4S/c1-14(2)19(22-28-20(29-34-22)16-6-4-9-25-13-16)27-21(31)15-7-8-17-18(12-15)26-24(35)30(23(17)32)10-5-11-33-3/h4,6-9,12-14,19H,5,10-11H2,1-3H3,(H,26,35)(H,27,31). The van der Waals surface area contributed by atoms with E-state index in [4.69, 9.17) is 21.5 Å². The molecule has 1 amide bonds. The minimum atomic E-state index is -0.511. The van der Waals surface area contributed by atoms with E-state index < -0.39 is 6.04 Å². The lowest BCUT2D eigenvalue weighted by Gasteiger charge is -2.18. The second-order valence-corrected chi connectivity index (χ2v) is 8.77. The van der Waals surface area contributed by atoms with E-state index in [9.17, 15) is 9.59 Å². The van der Waals surface area contributed by atoms with Crippen molar-refractivity contribution in [2.24, 2.45) is 5.92 Å². The Balaban J connectivity index is 1.58. The zero-order valence-electron chi connectivity index (χ0n) is 19.6. The molecule has 0 saturated heterocycles. The number of hydrogen-bond donors (Lipinski definition) is 2. The fraction of sp³-hybridized carbons (Fsp3) is 0.333. The number of amides is 1. The Morgan fingerprint density at radius 1 is 1.31 bits per heavy atom. The Hall–Kier alpha value is -3.70. The van der Waals surface area contributed by atoms with Gasteiger partial charge in [-0.3, -0.25) is 19.1 Å². The van der Waals surface area contributed by atoms with Crippen LogP contribution in [0.5, 0.6) is 0 Å². The van der Waals surface area contributed by atoms with Crippen molar-refractivity contribution >= 4 is 29.0 Å². The van der Waals surface area contributed by atoms with Crippen LogP contribution in [0, 0.1) is 10.7 Å². The SMILES string of the molecule is COCCCn1c(=S)[nH]c2cc(C(=O)NC(c3nc(-c4cccnc4)no3)C(C)C)ccc2c1=O. The van der Waals surface area contributed by atoms with Crippen LogP contribution in [0.3, 0.4) is 0 Å². The molecule has 0 spiro atoms. The van der Waals surface area contributed by atoms with Gasteiger partial charge in [-0.1, -0.05) is 19.0 Å². The number of nitrogens with one attached hydrogen (secondary N) is 2. The third kappa shape index (κ3) is 5.36. The molecule has 0 aliphatic carbocycles. The van der Waals surface area contributed by atoms with Gasteiger partial charge in [0.15, 0.2) is 4.77 Å². The number of fused-ring (bicyclic) bond motifs is 1. The summed E-state index contributed by atoms with van der Waals surface area (Å²) in [6.45, 7) is 4.87. The van der Waals surface area contributed by atoms with Gasteiger partial charge >= 0.3 is 0 Å². The lowest BCUT2D eigenvalue weighted by Crippen LogP contribution is -2.32. The van der Waals surface area contributed by atoms with E-state index in [1.54, 1.807) is 43.8 Å². The van der Waals surface area contributed by atoms with Crippen LogP contribution in [0.4, 0.5) is 0 Å². The third-order valence-electron chi connectivity index (χ3n) is 5.56. The van der Waals surface area contributed by atoms with Crippen molar-refractivity contribution in [2.75, 3.05) is 13.7 Å². The summed E-state index contributed by atoms with van der Waals surface area (Å²) in [7, 11) is 1.61. The average molecular weight is 495 g/mol. The third-order valence-corrected chi connectivity index (χ3v) is 5.88. The van der Waals surface area contributed by atoms with Crippen LogP contribution in [0.15, 0.2) is 52.0 Å². The van der Waals surface area contributed by atoms with Crippen LogP contribution in [-0.2, 0) is 11.3 Å². The summed E-state index contributed by atoms with van der Waals surface area (Å²) in [5.74, 6) is 0.335. The van der Waals surface area contributed by atoms with E-state index >= 15 is 0 Å². The first-order valence-corrected chi connectivity index (χ1v) is 11.6. The van der Waals surface area contributed by atoms with E-state index in [1.807, 2.05) is 19.9 Å². The summed E-state index contributed by atoms with van der Waals surface area (Å²) < 4.78 is 12.3. The monoisotopic (exact) mass is 494 g/mol. The fourth-order valence-corrected chi connectivity index (χ4v) is 3.96. The smallest absolute Gasteiger partial charge is 0.262 e. The Morgan fingerprint density at radius 3 is 2.86 bits per heavy atom. The van der Waals surface area contributed by atoms with Crippen molar-refractivity contribution in [1.29, 1.82) is 0 Å². The molecule has 1 atom stereocenters. The highest BCUT2D eigenvalue weighted by atomic mass is 32.1. The molecule has 2 N–H and O–H groups in total. The number of benzene rings is 1. The van der Waals surface area contributed by atoms with E-state index in [0.717, 1.165) is 0 Å². The number of pyridine rings is 1. The number of carbonyl (C=O) groups excluding carboxylic acids is 1. The van der Waals surface area contributed by atoms with Gasteiger partial charge in [0, 0.05) is 43.8 Å². The zero-order valence-corrected chi connectivity index (χ0v) is 20.5. The van der Waals surface area contributed by atoms with E-state index in [0.29, 0.717) is 58.1 Å². The highest BCUT2D eigenvalue weighted by Crippen LogP contribution is 2.24. The van der Waals surface area contributed by atoms with E-state index in [2.05, 4.69) is 25.4 Å². The average Bonchev–Trinajstić information content (AvgIpc) is 3.34. The van der Waals surface area contributed by atoms with E-state index in [1.165, 1.54) is 4.57 Å². The van der Waals surface area contributed by atoms with Crippen molar-refractivity contribution in [3.8, 4) is 11.4 Å². The summed E-state index contributed by atoms with van der Waals surface area (Å²) in [4.78, 5) is 37.6. The summed E-state index contributed by atoms with van der Waals surface area (Å²) in [5.41, 5.74) is 1.38. The molecule has 10 nitrogen and oxygen atoms in total. The van der Waals surface area contributed by atoms with Crippen molar-refractivity contribution in [1.82, 2.24) is 30.0 Å². The summed E-state index contributed by atoms with van der Waals surface area (Å²) in [6.07, 6.45) is 3.96. The molecule has 182 valence electrons. The van der Waals surface area contributed by atoms with Crippen LogP contribution in [-0.4, -0.2) is 44.3 Å². The number of rotatable bonds is 9. The Labute approximate surface area is 206 Å². The van der Waals surface area contributed by atoms with Gasteiger partial charge in [0.1, 0.15) is 6.04 Å². The molecule has 4 aromatic rings. The number of carbonyl (C=O) groups is 1. The second-order valence-electron chi connectivity index (χ2n) is 8.39. The number of nitrogens with zero attached hydrogens (tertiary/aromatic N) is 4. The molecule has 0 aliphatic heterocycles. The highest BCUT2D eigenvalue weighted by Gasteiger charge is 2.25. The molecule has 4 rings (SSSR count). The Bertz CT molecular complexity index is 1440. The minimum Gasteiger partial charge on any atom is -0.385 e. The van der Waals surface area contributed by atoms with Gasteiger partial charge in [-0.25, -0.2) is 0 Å². The lowest BCUT2D eigenvalue weighted by atomic mass is 10.0. The van der Waals surface area contributed by atoms with Gasteiger partial charge in [0.2, 0.25) is 11.7 Å². The van der Waals surface area contributed by atoms with Crippen LogP contribution >= 0.6 is 12.2 Å². The maximum absolute atomic E-state index is 13.1. The summed E-state index contributed by atoms with van der Waals surface area (Å²) >= 11 is 5.37. The van der Waals surface area contributed by atoms with Crippen molar-refractivity contribution < 1.29 is 14.1 Å². The highest BCUT2D eigenvalue weighted by molar-refractivity contribution is 7.71. The first-order valence-electron chi connectivity index (χ1n) is 11.2. The van der Waals surface area contributed by atoms with Crippen molar-refractivity contribution in [3.63, 3.8) is 0 Å². The van der Waals surface area contributed by atoms with Crippen molar-refractivity contribution in [2.45, 2.75) is 32.9 Å². The molecule has 0 bridgehead atoms. The summed E-state index contributed by atoms with van der Waals surface area (Å²) in [5, 5.41) is 7.44. The van der Waals surface area contributed by atoms with Crippen LogP contribution in [0.2, 0.25) is 0 Å². The molecule has 0 fully saturated rings. The van der Waals surface area contributed by atoms with Gasteiger partial charge < -0.3 is 19.6 Å². The lowest BCUT2D eigenvalue weighted by molar-refractivity contribution is 0.0914. The van der Waals surface area contributed by atoms with Crippen LogP contribution < -0.4 is 10.9 Å². The normalized spacial score (nSPS) is 12.2. The van der Waals surface area contributed by atoms with Gasteiger partial charge in [0.25, 0.3) is 11.5 Å². The number of aromatic amines is 1. The molecule has 0 aliphatic rings. The molecule has 3 aromatic heterocycles. The van der Waals surface area contributed by atoms with Gasteiger partial charge in [-0.15, -0.1) is 0 Å². The van der Waals surface area contributed by atoms with Crippen molar-refractivity contribution in [3.05, 3.63) is 69.3 Å². The molecule has 0 saturated carbocycles. The minimum absolute atomic E-state index is 0.0216. The molecular formula is C24H26N6O4S. The van der Waals surface area contributed by atoms with Gasteiger partial charge in [-0.2, -0.15) is 4.98 Å². The summed E-state index contributed by atoms with van der Waals surface area (Å²) in [6, 6.07) is 7.96. The Morgan fingerprint density at radius 2 is 2.14 bits per heavy atom. The number of H-pyrrole nitrogens is 1. The van der Waals surface area contributed by atoms with Crippen LogP contribution in [0.25, 0.3) is 22.3 Å². The first-order chi connectivity index (χ1) is 16.9. The molecule has 0 radical (unpaired) electrons. The molecular weight excluding hydrogens is 468 g/mol. The largest absolute Gasteiger partial charge is 0.385 e. The van der Waals surface area contributed by atoms with Gasteiger partial charge in [-0.05, 0) is 54.9 Å². The molecule has 3 heterocycles. The number of aromatic nitrogens is 5. The molecule has 35 heavy (non-hydrogen) atoms.